The third kappa shape index (κ3) is 4.16. The molecular formula is C25H25N3O2S. The van der Waals surface area contributed by atoms with Gasteiger partial charge >= 0.3 is 0 Å². The normalized spacial score (nSPS) is 11.3. The molecule has 0 saturated heterocycles. The summed E-state index contributed by atoms with van der Waals surface area (Å²) in [5.41, 5.74) is 3.76. The highest BCUT2D eigenvalue weighted by Gasteiger charge is 2.17. The zero-order valence-electron chi connectivity index (χ0n) is 18.1. The van der Waals surface area contributed by atoms with Crippen LogP contribution >= 0.6 is 11.3 Å². The number of nitrogens with zero attached hydrogens (tertiary/aromatic N) is 2. The molecule has 0 radical (unpaired) electrons. The van der Waals surface area contributed by atoms with Gasteiger partial charge in [-0.05, 0) is 42.5 Å². The van der Waals surface area contributed by atoms with Crippen molar-refractivity contribution in [3.05, 3.63) is 81.9 Å². The minimum absolute atomic E-state index is 0.0734. The van der Waals surface area contributed by atoms with E-state index in [-0.39, 0.29) is 23.9 Å². The summed E-state index contributed by atoms with van der Waals surface area (Å²) in [7, 11) is 0. The predicted octanol–water partition coefficient (Wildman–Crippen LogP) is 5.50. The molecule has 0 spiro atoms. The van der Waals surface area contributed by atoms with Crippen molar-refractivity contribution in [2.75, 3.05) is 5.32 Å². The van der Waals surface area contributed by atoms with E-state index in [1.165, 1.54) is 15.9 Å². The number of aryl methyl sites for hydroxylation is 2. The van der Waals surface area contributed by atoms with Crippen molar-refractivity contribution in [1.82, 2.24) is 9.55 Å². The number of carbonyl (C=O) groups is 1. The molecule has 31 heavy (non-hydrogen) atoms. The zero-order valence-corrected chi connectivity index (χ0v) is 18.9. The molecule has 0 atom stereocenters. The summed E-state index contributed by atoms with van der Waals surface area (Å²) in [4.78, 5) is 32.3. The van der Waals surface area contributed by atoms with Crippen LogP contribution in [0.3, 0.4) is 0 Å². The number of amides is 1. The Hall–Kier alpha value is -3.25. The largest absolute Gasteiger partial charge is 0.324 e. The second-order valence-corrected chi connectivity index (χ2v) is 9.02. The van der Waals surface area contributed by atoms with Crippen LogP contribution in [0, 0.1) is 13.8 Å². The molecule has 4 aromatic rings. The van der Waals surface area contributed by atoms with Crippen LogP contribution in [0.2, 0.25) is 0 Å². The summed E-state index contributed by atoms with van der Waals surface area (Å²) in [5, 5.41) is 3.56. The minimum Gasteiger partial charge on any atom is -0.324 e. The summed E-state index contributed by atoms with van der Waals surface area (Å²) in [6, 6.07) is 17.8. The average Bonchev–Trinajstić information content (AvgIpc) is 3.17. The number of carbonyl (C=O) groups excluding carboxylic acids is 1. The fourth-order valence-electron chi connectivity index (χ4n) is 3.71. The van der Waals surface area contributed by atoms with Gasteiger partial charge in [0.05, 0.1) is 5.39 Å². The van der Waals surface area contributed by atoms with Gasteiger partial charge in [-0.1, -0.05) is 62.4 Å². The first-order chi connectivity index (χ1) is 14.8. The van der Waals surface area contributed by atoms with Gasteiger partial charge in [0.1, 0.15) is 17.2 Å². The molecular weight excluding hydrogens is 406 g/mol. The molecule has 1 N–H and O–H groups in total. The molecule has 158 valence electrons. The Kier molecular flexibility index (Phi) is 5.74. The summed E-state index contributed by atoms with van der Waals surface area (Å²) in [6.45, 7) is 7.86. The third-order valence-electron chi connectivity index (χ3n) is 5.39. The zero-order chi connectivity index (χ0) is 22.1. The summed E-state index contributed by atoms with van der Waals surface area (Å²) in [5.74, 6) is 0.573. The standard InChI is InChI=1S/C25H25N3O2S/c1-15(2)19-12-8-9-16(3)23(19)27-22(29)14-28-17(4)26-24-20(25(28)30)13-21(31-24)18-10-6-5-7-11-18/h5-13,15H,14H2,1-4H3,(H,27,29). The van der Waals surface area contributed by atoms with Gasteiger partial charge in [0.25, 0.3) is 5.56 Å². The Labute approximate surface area is 185 Å². The van der Waals surface area contributed by atoms with Crippen molar-refractivity contribution >= 4 is 33.1 Å². The highest BCUT2D eigenvalue weighted by molar-refractivity contribution is 7.21. The predicted molar refractivity (Wildman–Crippen MR) is 128 cm³/mol. The van der Waals surface area contributed by atoms with Crippen LogP contribution < -0.4 is 10.9 Å². The van der Waals surface area contributed by atoms with Gasteiger partial charge in [-0.25, -0.2) is 4.98 Å². The summed E-state index contributed by atoms with van der Waals surface area (Å²) in [6.07, 6.45) is 0. The van der Waals surface area contributed by atoms with Crippen LogP contribution in [0.25, 0.3) is 20.7 Å². The van der Waals surface area contributed by atoms with E-state index in [1.807, 2.05) is 61.5 Å². The van der Waals surface area contributed by atoms with Crippen molar-refractivity contribution in [3.8, 4) is 10.4 Å². The number of para-hydroxylation sites is 1. The van der Waals surface area contributed by atoms with Crippen molar-refractivity contribution < 1.29 is 4.79 Å². The lowest BCUT2D eigenvalue weighted by Crippen LogP contribution is -2.30. The molecule has 2 aromatic heterocycles. The van der Waals surface area contributed by atoms with E-state index in [0.717, 1.165) is 27.3 Å². The van der Waals surface area contributed by atoms with Gasteiger partial charge < -0.3 is 5.32 Å². The maximum atomic E-state index is 13.2. The molecule has 0 unspecified atom stereocenters. The topological polar surface area (TPSA) is 64.0 Å². The molecule has 0 bridgehead atoms. The van der Waals surface area contributed by atoms with Crippen molar-refractivity contribution in [3.63, 3.8) is 0 Å². The fourth-order valence-corrected chi connectivity index (χ4v) is 4.79. The van der Waals surface area contributed by atoms with Crippen molar-refractivity contribution in [1.29, 1.82) is 0 Å². The Morgan fingerprint density at radius 1 is 1.10 bits per heavy atom. The van der Waals surface area contributed by atoms with E-state index in [0.29, 0.717) is 16.0 Å². The van der Waals surface area contributed by atoms with Crippen molar-refractivity contribution in [2.45, 2.75) is 40.2 Å². The molecule has 0 aliphatic heterocycles. The average molecular weight is 432 g/mol. The summed E-state index contributed by atoms with van der Waals surface area (Å²) < 4.78 is 1.45. The van der Waals surface area contributed by atoms with Crippen molar-refractivity contribution in [2.24, 2.45) is 0 Å². The first-order valence-electron chi connectivity index (χ1n) is 10.3. The molecule has 2 heterocycles. The van der Waals surface area contributed by atoms with E-state index < -0.39 is 0 Å². The quantitative estimate of drug-likeness (QED) is 0.453. The molecule has 0 saturated carbocycles. The lowest BCUT2D eigenvalue weighted by molar-refractivity contribution is -0.116. The maximum Gasteiger partial charge on any atom is 0.262 e. The first kappa shape index (κ1) is 21.0. The lowest BCUT2D eigenvalue weighted by atomic mass is 9.98. The SMILES string of the molecule is Cc1cccc(C(C)C)c1NC(=O)Cn1c(C)nc2sc(-c3ccccc3)cc2c1=O. The van der Waals surface area contributed by atoms with E-state index in [2.05, 4.69) is 24.1 Å². The number of nitrogens with one attached hydrogen (secondary N) is 1. The number of fused-ring (bicyclic) bond motifs is 1. The smallest absolute Gasteiger partial charge is 0.262 e. The Morgan fingerprint density at radius 3 is 2.55 bits per heavy atom. The van der Waals surface area contributed by atoms with Crippen LogP contribution in [0.15, 0.2) is 59.4 Å². The first-order valence-corrected chi connectivity index (χ1v) is 11.1. The molecule has 4 rings (SSSR count). The Morgan fingerprint density at radius 2 is 1.84 bits per heavy atom. The molecule has 6 heteroatoms. The lowest BCUT2D eigenvalue weighted by Gasteiger charge is -2.17. The van der Waals surface area contributed by atoms with Gasteiger partial charge in [-0.15, -0.1) is 11.3 Å². The fraction of sp³-hybridized carbons (Fsp3) is 0.240. The molecule has 0 aliphatic carbocycles. The molecule has 1 amide bonds. The molecule has 0 fully saturated rings. The van der Waals surface area contributed by atoms with Gasteiger partial charge in [-0.3, -0.25) is 14.2 Å². The number of aromatic nitrogens is 2. The van der Waals surface area contributed by atoms with Gasteiger partial charge in [0, 0.05) is 10.6 Å². The molecule has 5 nitrogen and oxygen atoms in total. The number of benzene rings is 2. The van der Waals surface area contributed by atoms with E-state index in [4.69, 9.17) is 0 Å². The van der Waals surface area contributed by atoms with Gasteiger partial charge in [-0.2, -0.15) is 0 Å². The number of thiophene rings is 1. The number of rotatable bonds is 5. The van der Waals surface area contributed by atoms with E-state index >= 15 is 0 Å². The van der Waals surface area contributed by atoms with Crippen LogP contribution in [0.5, 0.6) is 0 Å². The number of anilines is 1. The maximum absolute atomic E-state index is 13.2. The second kappa shape index (κ2) is 8.47. The summed E-state index contributed by atoms with van der Waals surface area (Å²) >= 11 is 1.49. The van der Waals surface area contributed by atoms with Crippen LogP contribution in [0.4, 0.5) is 5.69 Å². The van der Waals surface area contributed by atoms with E-state index in [1.54, 1.807) is 6.92 Å². The minimum atomic E-state index is -0.235. The number of hydrogen-bond donors (Lipinski definition) is 1. The van der Waals surface area contributed by atoms with Gasteiger partial charge in [0.2, 0.25) is 5.91 Å². The molecule has 0 aliphatic rings. The number of hydrogen-bond acceptors (Lipinski definition) is 4. The molecule has 2 aromatic carbocycles. The van der Waals surface area contributed by atoms with Crippen LogP contribution in [0.1, 0.15) is 36.7 Å². The second-order valence-electron chi connectivity index (χ2n) is 7.99. The van der Waals surface area contributed by atoms with Crippen LogP contribution in [-0.4, -0.2) is 15.5 Å². The van der Waals surface area contributed by atoms with E-state index in [9.17, 15) is 9.59 Å². The Balaban J connectivity index is 1.66. The Bertz CT molecular complexity index is 1320. The highest BCUT2D eigenvalue weighted by Crippen LogP contribution is 2.31. The highest BCUT2D eigenvalue weighted by atomic mass is 32.1. The van der Waals surface area contributed by atoms with Gasteiger partial charge in [0.15, 0.2) is 0 Å². The van der Waals surface area contributed by atoms with Crippen LogP contribution in [-0.2, 0) is 11.3 Å². The third-order valence-corrected chi connectivity index (χ3v) is 6.47. The monoisotopic (exact) mass is 431 g/mol.